The van der Waals surface area contributed by atoms with E-state index >= 15 is 0 Å². The van der Waals surface area contributed by atoms with Crippen molar-refractivity contribution in [3.05, 3.63) is 35.5 Å². The number of benzene rings is 1. The third kappa shape index (κ3) is 2.30. The molecule has 20 heavy (non-hydrogen) atoms. The average Bonchev–Trinajstić information content (AvgIpc) is 3.06. The van der Waals surface area contributed by atoms with Gasteiger partial charge in [0.15, 0.2) is 5.13 Å². The maximum absolute atomic E-state index is 12.9. The van der Waals surface area contributed by atoms with Gasteiger partial charge in [0, 0.05) is 29.8 Å². The van der Waals surface area contributed by atoms with Crippen molar-refractivity contribution in [1.82, 2.24) is 4.98 Å². The Morgan fingerprint density at radius 3 is 2.80 bits per heavy atom. The number of aromatic nitrogens is 1. The Morgan fingerprint density at radius 1 is 1.40 bits per heavy atom. The Bertz CT molecular complexity index is 687. The minimum absolute atomic E-state index is 0.00737. The molecule has 1 aliphatic rings. The van der Waals surface area contributed by atoms with Crippen LogP contribution in [0.25, 0.3) is 11.3 Å². The van der Waals surface area contributed by atoms with Crippen LogP contribution in [-0.2, 0) is 4.79 Å². The smallest absolute Gasteiger partial charge is 0.230 e. The lowest BCUT2D eigenvalue weighted by Gasteiger charge is -2.10. The van der Waals surface area contributed by atoms with Crippen LogP contribution in [0.3, 0.4) is 0 Å². The van der Waals surface area contributed by atoms with Crippen LogP contribution in [0.2, 0.25) is 0 Å². The highest BCUT2D eigenvalue weighted by atomic mass is 32.1. The zero-order valence-corrected chi connectivity index (χ0v) is 11.4. The molecule has 1 aliphatic heterocycles. The van der Waals surface area contributed by atoms with Crippen LogP contribution in [0.15, 0.2) is 29.6 Å². The summed E-state index contributed by atoms with van der Waals surface area (Å²) in [6.07, 6.45) is 5.74. The molecule has 0 radical (unpaired) electrons. The highest BCUT2D eigenvalue weighted by Gasteiger charge is 2.31. The fraction of sp³-hybridized carbons (Fsp3) is 0.200. The number of terminal acetylenes is 1. The first-order valence-electron chi connectivity index (χ1n) is 6.15. The van der Waals surface area contributed by atoms with Gasteiger partial charge in [0.2, 0.25) is 5.91 Å². The number of rotatable bonds is 2. The summed E-state index contributed by atoms with van der Waals surface area (Å²) < 4.78 is 12.9. The summed E-state index contributed by atoms with van der Waals surface area (Å²) in [7, 11) is 0. The topological polar surface area (TPSA) is 33.2 Å². The van der Waals surface area contributed by atoms with Crippen LogP contribution in [0, 0.1) is 24.1 Å². The maximum Gasteiger partial charge on any atom is 0.230 e. The quantitative estimate of drug-likeness (QED) is 0.795. The van der Waals surface area contributed by atoms with E-state index in [9.17, 15) is 9.18 Å². The van der Waals surface area contributed by atoms with E-state index in [2.05, 4.69) is 10.9 Å². The Kier molecular flexibility index (Phi) is 3.25. The summed E-state index contributed by atoms with van der Waals surface area (Å²) >= 11 is 1.39. The van der Waals surface area contributed by atoms with E-state index in [-0.39, 0.29) is 17.6 Å². The van der Waals surface area contributed by atoms with Gasteiger partial charge in [-0.3, -0.25) is 9.69 Å². The summed E-state index contributed by atoms with van der Waals surface area (Å²) in [6.45, 7) is 0.520. The van der Waals surface area contributed by atoms with Gasteiger partial charge in [0.05, 0.1) is 5.69 Å². The summed E-state index contributed by atoms with van der Waals surface area (Å²) in [5, 5.41) is 2.51. The summed E-state index contributed by atoms with van der Waals surface area (Å²) in [4.78, 5) is 18.0. The van der Waals surface area contributed by atoms with E-state index in [0.717, 1.165) is 11.3 Å². The molecule has 2 heterocycles. The minimum atomic E-state index is -0.282. The van der Waals surface area contributed by atoms with Gasteiger partial charge < -0.3 is 0 Å². The number of carbonyl (C=O) groups is 1. The number of carbonyl (C=O) groups excluding carboxylic acids is 1. The third-order valence-corrected chi connectivity index (χ3v) is 4.09. The molecule has 0 N–H and O–H groups in total. The number of anilines is 1. The molecule has 1 saturated heterocycles. The normalized spacial score (nSPS) is 18.3. The maximum atomic E-state index is 12.9. The Labute approximate surface area is 120 Å². The molecule has 100 valence electrons. The SMILES string of the molecule is C#CC1CC(=O)N(c2nc(-c3ccc(F)cc3)cs2)C1. The van der Waals surface area contributed by atoms with Gasteiger partial charge in [0.1, 0.15) is 5.82 Å². The first-order chi connectivity index (χ1) is 9.67. The van der Waals surface area contributed by atoms with Gasteiger partial charge in [-0.2, -0.15) is 0 Å². The summed E-state index contributed by atoms with van der Waals surface area (Å²) in [5.74, 6) is 2.30. The molecule has 1 aromatic carbocycles. The van der Waals surface area contributed by atoms with Crippen molar-refractivity contribution in [3.8, 4) is 23.6 Å². The molecule has 0 bridgehead atoms. The third-order valence-electron chi connectivity index (χ3n) is 3.22. The summed E-state index contributed by atoms with van der Waals surface area (Å²) in [6, 6.07) is 6.13. The molecule has 0 spiro atoms. The van der Waals surface area contributed by atoms with Crippen LogP contribution in [0.1, 0.15) is 6.42 Å². The second-order valence-corrected chi connectivity index (χ2v) is 5.43. The highest BCUT2D eigenvalue weighted by Crippen LogP contribution is 2.31. The second-order valence-electron chi connectivity index (χ2n) is 4.59. The lowest BCUT2D eigenvalue weighted by atomic mass is 10.1. The molecule has 3 nitrogen and oxygen atoms in total. The van der Waals surface area contributed by atoms with Crippen molar-refractivity contribution in [3.63, 3.8) is 0 Å². The standard InChI is InChI=1S/C15H11FN2OS/c1-2-10-7-14(19)18(8-10)15-17-13(9-20-15)11-3-5-12(16)6-4-11/h1,3-6,9-10H,7-8H2. The number of thiazole rings is 1. The molecule has 1 amide bonds. The molecule has 0 saturated carbocycles. The van der Waals surface area contributed by atoms with Gasteiger partial charge in [0.25, 0.3) is 0 Å². The van der Waals surface area contributed by atoms with Crippen molar-refractivity contribution in [2.24, 2.45) is 5.92 Å². The van der Waals surface area contributed by atoms with Crippen LogP contribution < -0.4 is 4.90 Å². The Hall–Kier alpha value is -2.19. The predicted octanol–water partition coefficient (Wildman–Crippen LogP) is 2.94. The van der Waals surface area contributed by atoms with Crippen LogP contribution in [-0.4, -0.2) is 17.4 Å². The number of halogens is 1. The van der Waals surface area contributed by atoms with E-state index in [1.165, 1.54) is 23.5 Å². The zero-order chi connectivity index (χ0) is 14.1. The molecule has 1 fully saturated rings. The number of hydrogen-bond donors (Lipinski definition) is 0. The fourth-order valence-corrected chi connectivity index (χ4v) is 3.01. The number of nitrogens with zero attached hydrogens (tertiary/aromatic N) is 2. The molecule has 1 unspecified atom stereocenters. The van der Waals surface area contributed by atoms with Crippen LogP contribution in [0.5, 0.6) is 0 Å². The van der Waals surface area contributed by atoms with E-state index < -0.39 is 0 Å². The molecular formula is C15H11FN2OS. The van der Waals surface area contributed by atoms with Gasteiger partial charge >= 0.3 is 0 Å². The highest BCUT2D eigenvalue weighted by molar-refractivity contribution is 7.14. The fourth-order valence-electron chi connectivity index (χ4n) is 2.15. The number of hydrogen-bond acceptors (Lipinski definition) is 3. The molecule has 2 aromatic rings. The largest absolute Gasteiger partial charge is 0.287 e. The van der Waals surface area contributed by atoms with Crippen LogP contribution >= 0.6 is 11.3 Å². The summed E-state index contributed by atoms with van der Waals surface area (Å²) in [5.41, 5.74) is 1.57. The van der Waals surface area contributed by atoms with Gasteiger partial charge in [-0.1, -0.05) is 0 Å². The minimum Gasteiger partial charge on any atom is -0.287 e. The monoisotopic (exact) mass is 286 g/mol. The zero-order valence-electron chi connectivity index (χ0n) is 10.5. The van der Waals surface area contributed by atoms with Crippen molar-refractivity contribution in [2.75, 3.05) is 11.4 Å². The predicted molar refractivity (Wildman–Crippen MR) is 76.8 cm³/mol. The van der Waals surface area contributed by atoms with E-state index in [1.54, 1.807) is 17.0 Å². The van der Waals surface area contributed by atoms with Crippen molar-refractivity contribution < 1.29 is 9.18 Å². The van der Waals surface area contributed by atoms with Crippen molar-refractivity contribution >= 4 is 22.4 Å². The molecular weight excluding hydrogens is 275 g/mol. The lowest BCUT2D eigenvalue weighted by molar-refractivity contribution is -0.117. The van der Waals surface area contributed by atoms with Gasteiger partial charge in [-0.25, -0.2) is 9.37 Å². The second kappa shape index (κ2) is 5.06. The Balaban J connectivity index is 1.86. The van der Waals surface area contributed by atoms with E-state index in [0.29, 0.717) is 18.1 Å². The molecule has 0 aliphatic carbocycles. The first kappa shape index (κ1) is 12.8. The first-order valence-corrected chi connectivity index (χ1v) is 7.03. The molecule has 1 aromatic heterocycles. The number of amides is 1. The molecule has 1 atom stereocenters. The van der Waals surface area contributed by atoms with E-state index in [4.69, 9.17) is 6.42 Å². The van der Waals surface area contributed by atoms with Gasteiger partial charge in [-0.15, -0.1) is 23.7 Å². The van der Waals surface area contributed by atoms with Crippen molar-refractivity contribution in [1.29, 1.82) is 0 Å². The van der Waals surface area contributed by atoms with Crippen molar-refractivity contribution in [2.45, 2.75) is 6.42 Å². The average molecular weight is 286 g/mol. The molecule has 3 rings (SSSR count). The van der Waals surface area contributed by atoms with E-state index in [1.807, 2.05) is 5.38 Å². The lowest BCUT2D eigenvalue weighted by Crippen LogP contribution is -2.24. The van der Waals surface area contributed by atoms with Gasteiger partial charge in [-0.05, 0) is 24.3 Å². The molecule has 5 heteroatoms. The Morgan fingerprint density at radius 2 is 2.15 bits per heavy atom. The van der Waals surface area contributed by atoms with Crippen LogP contribution in [0.4, 0.5) is 9.52 Å².